The zero-order valence-electron chi connectivity index (χ0n) is 8.95. The van der Waals surface area contributed by atoms with Crippen molar-refractivity contribution in [2.24, 2.45) is 0 Å². The van der Waals surface area contributed by atoms with Gasteiger partial charge in [-0.15, -0.1) is 6.58 Å². The predicted molar refractivity (Wildman–Crippen MR) is 58.2 cm³/mol. The second kappa shape index (κ2) is 5.20. The summed E-state index contributed by atoms with van der Waals surface area (Å²) in [6.45, 7) is 3.65. The lowest BCUT2D eigenvalue weighted by molar-refractivity contribution is 0.0597. The molecule has 0 aliphatic heterocycles. The van der Waals surface area contributed by atoms with E-state index in [4.69, 9.17) is 4.74 Å². The molecule has 0 N–H and O–H groups in total. The van der Waals surface area contributed by atoms with Crippen LogP contribution in [0.15, 0.2) is 30.9 Å². The standard InChI is InChI=1S/C12H14O3/c1-4-5-9-6-7-11(14-2)10(8-9)12(13)15-3/h4,6-8H,1,5H2,2-3H3. The maximum absolute atomic E-state index is 11.4. The number of rotatable bonds is 4. The SMILES string of the molecule is C=CCc1ccc(OC)c(C(=O)OC)c1. The molecule has 0 atom stereocenters. The van der Waals surface area contributed by atoms with Crippen LogP contribution in [-0.2, 0) is 11.2 Å². The quantitative estimate of drug-likeness (QED) is 0.559. The highest BCUT2D eigenvalue weighted by Gasteiger charge is 2.12. The van der Waals surface area contributed by atoms with Gasteiger partial charge in [0.05, 0.1) is 14.2 Å². The van der Waals surface area contributed by atoms with Gasteiger partial charge in [0.2, 0.25) is 0 Å². The molecule has 15 heavy (non-hydrogen) atoms. The van der Waals surface area contributed by atoms with Gasteiger partial charge in [0.25, 0.3) is 0 Å². The molecule has 3 nitrogen and oxygen atoms in total. The van der Waals surface area contributed by atoms with Crippen molar-refractivity contribution < 1.29 is 14.3 Å². The van der Waals surface area contributed by atoms with Crippen molar-refractivity contribution in [2.75, 3.05) is 14.2 Å². The van der Waals surface area contributed by atoms with Crippen molar-refractivity contribution in [3.63, 3.8) is 0 Å². The van der Waals surface area contributed by atoms with E-state index in [9.17, 15) is 4.79 Å². The number of hydrogen-bond acceptors (Lipinski definition) is 3. The zero-order chi connectivity index (χ0) is 11.3. The van der Waals surface area contributed by atoms with Crippen molar-refractivity contribution in [3.8, 4) is 5.75 Å². The molecule has 80 valence electrons. The first-order valence-corrected chi connectivity index (χ1v) is 4.59. The fourth-order valence-electron chi connectivity index (χ4n) is 1.32. The van der Waals surface area contributed by atoms with Crippen molar-refractivity contribution >= 4 is 5.97 Å². The van der Waals surface area contributed by atoms with Crippen LogP contribution in [0.1, 0.15) is 15.9 Å². The molecule has 0 amide bonds. The number of carbonyl (C=O) groups is 1. The highest BCUT2D eigenvalue weighted by atomic mass is 16.5. The van der Waals surface area contributed by atoms with Crippen LogP contribution in [0, 0.1) is 0 Å². The first-order valence-electron chi connectivity index (χ1n) is 4.59. The molecule has 0 unspecified atom stereocenters. The second-order valence-corrected chi connectivity index (χ2v) is 3.02. The van der Waals surface area contributed by atoms with Gasteiger partial charge in [-0.05, 0) is 24.1 Å². The van der Waals surface area contributed by atoms with Crippen LogP contribution < -0.4 is 4.74 Å². The first-order chi connectivity index (χ1) is 7.22. The Hall–Kier alpha value is -1.77. The van der Waals surface area contributed by atoms with Gasteiger partial charge >= 0.3 is 5.97 Å². The molecule has 0 aliphatic rings. The Bertz CT molecular complexity index is 369. The molecule has 0 radical (unpaired) electrons. The van der Waals surface area contributed by atoms with E-state index in [0.717, 1.165) is 5.56 Å². The number of benzene rings is 1. The molecule has 0 saturated carbocycles. The van der Waals surface area contributed by atoms with E-state index < -0.39 is 5.97 Å². The number of esters is 1. The van der Waals surface area contributed by atoms with Crippen LogP contribution in [0.4, 0.5) is 0 Å². The summed E-state index contributed by atoms with van der Waals surface area (Å²) in [6.07, 6.45) is 2.50. The molecule has 0 heterocycles. The van der Waals surface area contributed by atoms with Gasteiger partial charge in [-0.25, -0.2) is 4.79 Å². The molecule has 0 bridgehead atoms. The molecule has 0 fully saturated rings. The van der Waals surface area contributed by atoms with Gasteiger partial charge in [-0.2, -0.15) is 0 Å². The number of allylic oxidation sites excluding steroid dienone is 1. The van der Waals surface area contributed by atoms with Gasteiger partial charge < -0.3 is 9.47 Å². The summed E-state index contributed by atoms with van der Waals surface area (Å²) >= 11 is 0. The number of hydrogen-bond donors (Lipinski definition) is 0. The molecular weight excluding hydrogens is 192 g/mol. The summed E-state index contributed by atoms with van der Waals surface area (Å²) in [6, 6.07) is 5.41. The first kappa shape index (κ1) is 11.3. The minimum atomic E-state index is -0.391. The van der Waals surface area contributed by atoms with E-state index in [2.05, 4.69) is 11.3 Å². The van der Waals surface area contributed by atoms with E-state index >= 15 is 0 Å². The van der Waals surface area contributed by atoms with Crippen LogP contribution in [0.2, 0.25) is 0 Å². The Morgan fingerprint density at radius 1 is 1.47 bits per heavy atom. The second-order valence-electron chi connectivity index (χ2n) is 3.02. The summed E-state index contributed by atoms with van der Waals surface area (Å²) < 4.78 is 9.74. The van der Waals surface area contributed by atoms with Crippen LogP contribution in [0.5, 0.6) is 5.75 Å². The third kappa shape index (κ3) is 2.59. The van der Waals surface area contributed by atoms with E-state index in [0.29, 0.717) is 17.7 Å². The Kier molecular flexibility index (Phi) is 3.92. The average molecular weight is 206 g/mol. The summed E-state index contributed by atoms with van der Waals surface area (Å²) in [5.41, 5.74) is 1.45. The topological polar surface area (TPSA) is 35.5 Å². The Labute approximate surface area is 89.3 Å². The Balaban J connectivity index is 3.12. The van der Waals surface area contributed by atoms with Crippen molar-refractivity contribution in [3.05, 3.63) is 42.0 Å². The highest BCUT2D eigenvalue weighted by Crippen LogP contribution is 2.21. The number of carbonyl (C=O) groups excluding carboxylic acids is 1. The molecule has 0 saturated heterocycles. The van der Waals surface area contributed by atoms with Crippen molar-refractivity contribution in [1.29, 1.82) is 0 Å². The lowest BCUT2D eigenvalue weighted by Gasteiger charge is -2.08. The predicted octanol–water partition coefficient (Wildman–Crippen LogP) is 2.21. The number of methoxy groups -OCH3 is 2. The lowest BCUT2D eigenvalue weighted by atomic mass is 10.1. The Morgan fingerprint density at radius 2 is 2.20 bits per heavy atom. The maximum Gasteiger partial charge on any atom is 0.341 e. The summed E-state index contributed by atoms with van der Waals surface area (Å²) in [7, 11) is 2.87. The van der Waals surface area contributed by atoms with Crippen molar-refractivity contribution in [2.45, 2.75) is 6.42 Å². The minimum Gasteiger partial charge on any atom is -0.496 e. The molecule has 0 spiro atoms. The van der Waals surface area contributed by atoms with E-state index in [1.165, 1.54) is 14.2 Å². The summed E-state index contributed by atoms with van der Waals surface area (Å²) in [5, 5.41) is 0. The van der Waals surface area contributed by atoms with Gasteiger partial charge in [0.15, 0.2) is 0 Å². The smallest absolute Gasteiger partial charge is 0.341 e. The molecule has 1 aromatic rings. The number of ether oxygens (including phenoxy) is 2. The molecule has 0 aliphatic carbocycles. The summed E-state index contributed by atoms with van der Waals surface area (Å²) in [5.74, 6) is 0.132. The molecule has 0 aromatic heterocycles. The van der Waals surface area contributed by atoms with E-state index in [1.54, 1.807) is 18.2 Å². The molecule has 1 aromatic carbocycles. The maximum atomic E-state index is 11.4. The van der Waals surface area contributed by atoms with Crippen LogP contribution in [0.25, 0.3) is 0 Å². The monoisotopic (exact) mass is 206 g/mol. The van der Waals surface area contributed by atoms with E-state index in [1.807, 2.05) is 6.07 Å². The van der Waals surface area contributed by atoms with E-state index in [-0.39, 0.29) is 0 Å². The molecule has 1 rings (SSSR count). The Morgan fingerprint density at radius 3 is 2.73 bits per heavy atom. The molecule has 3 heteroatoms. The van der Waals surface area contributed by atoms with Gasteiger partial charge in [0, 0.05) is 0 Å². The van der Waals surface area contributed by atoms with Crippen LogP contribution in [-0.4, -0.2) is 20.2 Å². The van der Waals surface area contributed by atoms with Gasteiger partial charge in [-0.3, -0.25) is 0 Å². The summed E-state index contributed by atoms with van der Waals surface area (Å²) in [4.78, 5) is 11.4. The van der Waals surface area contributed by atoms with Gasteiger partial charge in [-0.1, -0.05) is 12.1 Å². The third-order valence-electron chi connectivity index (χ3n) is 2.05. The lowest BCUT2D eigenvalue weighted by Crippen LogP contribution is -2.04. The van der Waals surface area contributed by atoms with Crippen LogP contribution >= 0.6 is 0 Å². The fraction of sp³-hybridized carbons (Fsp3) is 0.250. The highest BCUT2D eigenvalue weighted by molar-refractivity contribution is 5.92. The van der Waals surface area contributed by atoms with Crippen LogP contribution in [0.3, 0.4) is 0 Å². The third-order valence-corrected chi connectivity index (χ3v) is 2.05. The molecular formula is C12H14O3. The normalized spacial score (nSPS) is 9.47. The zero-order valence-corrected chi connectivity index (χ0v) is 8.95. The van der Waals surface area contributed by atoms with Crippen molar-refractivity contribution in [1.82, 2.24) is 0 Å². The average Bonchev–Trinajstić information content (AvgIpc) is 2.28. The minimum absolute atomic E-state index is 0.391. The van der Waals surface area contributed by atoms with Gasteiger partial charge in [0.1, 0.15) is 11.3 Å². The fourth-order valence-corrected chi connectivity index (χ4v) is 1.32. The largest absolute Gasteiger partial charge is 0.496 e.